The summed E-state index contributed by atoms with van der Waals surface area (Å²) in [5.74, 6) is -0.479. The van der Waals surface area contributed by atoms with Gasteiger partial charge in [-0.15, -0.1) is 0 Å². The molecule has 0 aromatic carbocycles. The number of unbranched alkanes of at least 4 members (excludes halogenated alkanes) is 27. The molecule has 0 fully saturated rings. The Labute approximate surface area is 360 Å². The summed E-state index contributed by atoms with van der Waals surface area (Å²) in [7, 11) is 0. The molecule has 0 heterocycles. The van der Waals surface area contributed by atoms with E-state index in [4.69, 9.17) is 4.74 Å². The van der Waals surface area contributed by atoms with Crippen LogP contribution in [0.4, 0.5) is 0 Å². The van der Waals surface area contributed by atoms with Crippen LogP contribution < -0.4 is 5.32 Å². The molecule has 3 N–H and O–H groups in total. The topological polar surface area (TPSA) is 95.9 Å². The predicted octanol–water partition coefficient (Wildman–Crippen LogP) is 14.9. The molecular formula is C52H97NO5. The van der Waals surface area contributed by atoms with E-state index >= 15 is 0 Å². The molecule has 0 aromatic rings. The lowest BCUT2D eigenvalue weighted by Crippen LogP contribution is -2.46. The molecule has 0 radical (unpaired) electrons. The fourth-order valence-corrected chi connectivity index (χ4v) is 7.68. The van der Waals surface area contributed by atoms with Gasteiger partial charge in [0.2, 0.25) is 5.91 Å². The number of allylic oxidation sites excluding steroid dienone is 6. The highest BCUT2D eigenvalue weighted by Gasteiger charge is 2.24. The van der Waals surface area contributed by atoms with E-state index in [0.717, 1.165) is 77.0 Å². The number of ether oxygens (including phenoxy) is 1. The zero-order valence-electron chi connectivity index (χ0n) is 38.7. The van der Waals surface area contributed by atoms with Crippen LogP contribution in [-0.4, -0.2) is 46.9 Å². The van der Waals surface area contributed by atoms with Crippen LogP contribution >= 0.6 is 0 Å². The highest BCUT2D eigenvalue weighted by molar-refractivity contribution is 5.77. The van der Waals surface area contributed by atoms with Crippen LogP contribution in [0.25, 0.3) is 0 Å². The number of esters is 1. The predicted molar refractivity (Wildman–Crippen MR) is 250 cm³/mol. The van der Waals surface area contributed by atoms with Gasteiger partial charge in [-0.2, -0.15) is 0 Å². The van der Waals surface area contributed by atoms with Crippen LogP contribution in [0, 0.1) is 0 Å². The summed E-state index contributed by atoms with van der Waals surface area (Å²) in [5, 5.41) is 23.7. The summed E-state index contributed by atoms with van der Waals surface area (Å²) < 4.78 is 5.93. The molecule has 0 aliphatic heterocycles. The van der Waals surface area contributed by atoms with Gasteiger partial charge in [0, 0.05) is 6.42 Å². The molecule has 0 spiro atoms. The molecular weight excluding hydrogens is 719 g/mol. The molecule has 0 saturated carbocycles. The van der Waals surface area contributed by atoms with Crippen molar-refractivity contribution in [1.82, 2.24) is 5.32 Å². The van der Waals surface area contributed by atoms with Gasteiger partial charge in [0.25, 0.3) is 0 Å². The maximum atomic E-state index is 13.2. The molecule has 0 rings (SSSR count). The lowest BCUT2D eigenvalue weighted by molar-refractivity contribution is -0.151. The zero-order chi connectivity index (χ0) is 42.4. The molecule has 0 aliphatic carbocycles. The molecule has 6 nitrogen and oxygen atoms in total. The van der Waals surface area contributed by atoms with Crippen molar-refractivity contribution in [3.8, 4) is 0 Å². The Hall–Kier alpha value is -1.92. The minimum atomic E-state index is -0.785. The minimum absolute atomic E-state index is 0.0759. The summed E-state index contributed by atoms with van der Waals surface area (Å²) in [4.78, 5) is 26.1. The van der Waals surface area contributed by atoms with Crippen molar-refractivity contribution in [2.24, 2.45) is 0 Å². The number of amides is 1. The summed E-state index contributed by atoms with van der Waals surface area (Å²) in [5.41, 5.74) is 0. The van der Waals surface area contributed by atoms with Crippen LogP contribution in [0.2, 0.25) is 0 Å². The van der Waals surface area contributed by atoms with Gasteiger partial charge in [0.1, 0.15) is 6.10 Å². The van der Waals surface area contributed by atoms with Crippen molar-refractivity contribution < 1.29 is 24.5 Å². The first-order chi connectivity index (χ1) is 28.5. The lowest BCUT2D eigenvalue weighted by atomic mass is 10.0. The second kappa shape index (κ2) is 46.2. The summed E-state index contributed by atoms with van der Waals surface area (Å²) >= 11 is 0. The van der Waals surface area contributed by atoms with E-state index in [1.807, 2.05) is 0 Å². The summed E-state index contributed by atoms with van der Waals surface area (Å²) in [6, 6.07) is -0.699. The van der Waals surface area contributed by atoms with Crippen LogP contribution in [0.1, 0.15) is 258 Å². The molecule has 0 aromatic heterocycles. The molecule has 0 aliphatic rings. The van der Waals surface area contributed by atoms with Crippen molar-refractivity contribution in [3.05, 3.63) is 36.5 Å². The van der Waals surface area contributed by atoms with Gasteiger partial charge in [0.05, 0.1) is 25.2 Å². The molecule has 58 heavy (non-hydrogen) atoms. The van der Waals surface area contributed by atoms with Gasteiger partial charge in [-0.25, -0.2) is 0 Å². The normalized spacial score (nSPS) is 13.5. The maximum Gasteiger partial charge on any atom is 0.306 e. The molecule has 6 heteroatoms. The largest absolute Gasteiger partial charge is 0.462 e. The number of nitrogens with one attached hydrogen (secondary N) is 1. The first-order valence-electron chi connectivity index (χ1n) is 25.2. The molecule has 3 atom stereocenters. The maximum absolute atomic E-state index is 13.2. The van der Waals surface area contributed by atoms with Crippen molar-refractivity contribution in [2.75, 3.05) is 6.61 Å². The monoisotopic (exact) mass is 816 g/mol. The molecule has 340 valence electrons. The van der Waals surface area contributed by atoms with Crippen molar-refractivity contribution >= 4 is 11.9 Å². The SMILES string of the molecule is CC/C=C/C/C=C/C/C=C/CCCCCCCCC(=O)OC(CCCCCCCCCCCCCCCC)CC(=O)NC(CO)C(O)CCCCCCCCCCC. The van der Waals surface area contributed by atoms with E-state index < -0.39 is 18.2 Å². The van der Waals surface area contributed by atoms with Gasteiger partial charge in [0.15, 0.2) is 0 Å². The van der Waals surface area contributed by atoms with Gasteiger partial charge < -0.3 is 20.3 Å². The summed E-state index contributed by atoms with van der Waals surface area (Å²) in [6.45, 7) is 6.36. The van der Waals surface area contributed by atoms with Gasteiger partial charge in [-0.1, -0.05) is 224 Å². The Balaban J connectivity index is 4.57. The Morgan fingerprint density at radius 3 is 1.41 bits per heavy atom. The van der Waals surface area contributed by atoms with Crippen LogP contribution in [-0.2, 0) is 14.3 Å². The molecule has 0 saturated heterocycles. The third kappa shape index (κ3) is 40.8. The van der Waals surface area contributed by atoms with Crippen molar-refractivity contribution in [1.29, 1.82) is 0 Å². The second-order valence-electron chi connectivity index (χ2n) is 17.2. The van der Waals surface area contributed by atoms with Crippen LogP contribution in [0.15, 0.2) is 36.5 Å². The first-order valence-corrected chi connectivity index (χ1v) is 25.2. The molecule has 3 unspecified atom stereocenters. The Morgan fingerprint density at radius 1 is 0.517 bits per heavy atom. The zero-order valence-corrected chi connectivity index (χ0v) is 38.7. The third-order valence-electron chi connectivity index (χ3n) is 11.5. The summed E-state index contributed by atoms with van der Waals surface area (Å²) in [6.07, 6.45) is 53.5. The number of carbonyl (C=O) groups is 2. The number of hydrogen-bond donors (Lipinski definition) is 3. The Morgan fingerprint density at radius 2 is 0.931 bits per heavy atom. The number of carbonyl (C=O) groups excluding carboxylic acids is 2. The fraction of sp³-hybridized carbons (Fsp3) is 0.846. The fourth-order valence-electron chi connectivity index (χ4n) is 7.68. The number of rotatable bonds is 45. The molecule has 0 bridgehead atoms. The van der Waals surface area contributed by atoms with E-state index in [-0.39, 0.29) is 24.9 Å². The minimum Gasteiger partial charge on any atom is -0.462 e. The van der Waals surface area contributed by atoms with E-state index in [1.165, 1.54) is 135 Å². The van der Waals surface area contributed by atoms with Crippen molar-refractivity contribution in [2.45, 2.75) is 277 Å². The smallest absolute Gasteiger partial charge is 0.306 e. The second-order valence-corrected chi connectivity index (χ2v) is 17.2. The van der Waals surface area contributed by atoms with E-state index in [2.05, 4.69) is 62.5 Å². The van der Waals surface area contributed by atoms with E-state index in [0.29, 0.717) is 19.3 Å². The van der Waals surface area contributed by atoms with E-state index in [1.54, 1.807) is 0 Å². The standard InChI is InChI=1S/C52H97NO5/c1-4-7-10-13-16-19-21-23-25-26-28-30-33-36-39-42-45-52(57)58-48(43-40-37-34-32-29-27-24-22-20-17-14-11-8-5-2)46-51(56)53-49(47-54)50(55)44-41-38-35-31-18-15-12-9-6-3/h7,10,16,19,23,25,48-50,54-55H,4-6,8-9,11-15,17-18,20-22,24,26-47H2,1-3H3,(H,53,56)/b10-7+,19-16+,25-23+. The Bertz CT molecular complexity index is 961. The quantitative estimate of drug-likeness (QED) is 0.0323. The highest BCUT2D eigenvalue weighted by atomic mass is 16.5. The Kier molecular flexibility index (Phi) is 44.6. The first kappa shape index (κ1) is 56.1. The number of aliphatic hydroxyl groups excluding tert-OH is 2. The molecule has 1 amide bonds. The van der Waals surface area contributed by atoms with Crippen LogP contribution in [0.3, 0.4) is 0 Å². The van der Waals surface area contributed by atoms with Crippen LogP contribution in [0.5, 0.6) is 0 Å². The highest BCUT2D eigenvalue weighted by Crippen LogP contribution is 2.18. The van der Waals surface area contributed by atoms with Gasteiger partial charge >= 0.3 is 5.97 Å². The average molecular weight is 816 g/mol. The van der Waals surface area contributed by atoms with Gasteiger partial charge in [-0.05, 0) is 57.8 Å². The average Bonchev–Trinajstić information content (AvgIpc) is 3.22. The van der Waals surface area contributed by atoms with Gasteiger partial charge in [-0.3, -0.25) is 9.59 Å². The number of hydrogen-bond acceptors (Lipinski definition) is 5. The third-order valence-corrected chi connectivity index (χ3v) is 11.5. The lowest BCUT2D eigenvalue weighted by Gasteiger charge is -2.24. The van der Waals surface area contributed by atoms with Crippen molar-refractivity contribution in [3.63, 3.8) is 0 Å². The van der Waals surface area contributed by atoms with E-state index in [9.17, 15) is 19.8 Å². The number of aliphatic hydroxyl groups is 2.